The van der Waals surface area contributed by atoms with E-state index in [4.69, 9.17) is 5.26 Å². The zero-order valence-corrected chi connectivity index (χ0v) is 11.6. The van der Waals surface area contributed by atoms with Gasteiger partial charge in [-0.05, 0) is 30.0 Å². The molecule has 0 heterocycles. The van der Waals surface area contributed by atoms with Crippen molar-refractivity contribution >= 4 is 21.6 Å². The lowest BCUT2D eigenvalue weighted by molar-refractivity contribution is 0.377. The van der Waals surface area contributed by atoms with Gasteiger partial charge in [-0.15, -0.1) is 0 Å². The minimum Gasteiger partial charge on any atom is -0.383 e. The Hall–Kier alpha value is -1.01. The Morgan fingerprint density at radius 1 is 1.44 bits per heavy atom. The minimum atomic E-state index is 0.245. The van der Waals surface area contributed by atoms with Gasteiger partial charge in [-0.3, -0.25) is 0 Å². The van der Waals surface area contributed by atoms with Crippen LogP contribution in [0.25, 0.3) is 0 Å². The molecule has 0 saturated heterocycles. The molecule has 1 aromatic carbocycles. The van der Waals surface area contributed by atoms with Gasteiger partial charge in [-0.2, -0.15) is 5.26 Å². The molecule has 0 aromatic heterocycles. The molecule has 0 spiro atoms. The van der Waals surface area contributed by atoms with Crippen molar-refractivity contribution in [1.29, 1.82) is 5.26 Å². The van der Waals surface area contributed by atoms with Gasteiger partial charge in [0.2, 0.25) is 0 Å². The number of hydrogen-bond acceptors (Lipinski definition) is 2. The highest BCUT2D eigenvalue weighted by Crippen LogP contribution is 2.24. The predicted octanol–water partition coefficient (Wildman–Crippen LogP) is 4.17. The zero-order chi connectivity index (χ0) is 12.2. The summed E-state index contributed by atoms with van der Waals surface area (Å²) in [6, 6.07) is 7.85. The fourth-order valence-electron chi connectivity index (χ4n) is 1.22. The first-order valence-corrected chi connectivity index (χ1v) is 6.21. The van der Waals surface area contributed by atoms with Gasteiger partial charge in [0.1, 0.15) is 6.07 Å². The van der Waals surface area contributed by atoms with Crippen molar-refractivity contribution in [2.45, 2.75) is 27.2 Å². The van der Waals surface area contributed by atoms with Crippen molar-refractivity contribution in [2.75, 3.05) is 11.9 Å². The predicted molar refractivity (Wildman–Crippen MR) is 71.4 cm³/mol. The van der Waals surface area contributed by atoms with Crippen LogP contribution in [0.2, 0.25) is 0 Å². The maximum absolute atomic E-state index is 8.99. The molecular formula is C13H17BrN2. The molecular weight excluding hydrogens is 264 g/mol. The van der Waals surface area contributed by atoms with Gasteiger partial charge in [-0.1, -0.05) is 36.7 Å². The van der Waals surface area contributed by atoms with E-state index in [2.05, 4.69) is 48.1 Å². The third kappa shape index (κ3) is 3.53. The van der Waals surface area contributed by atoms with Gasteiger partial charge in [0.05, 0.1) is 11.3 Å². The molecule has 16 heavy (non-hydrogen) atoms. The summed E-state index contributed by atoms with van der Waals surface area (Å²) >= 11 is 3.41. The summed E-state index contributed by atoms with van der Waals surface area (Å²) in [5.41, 5.74) is 1.84. The largest absolute Gasteiger partial charge is 0.383 e. The number of anilines is 1. The van der Waals surface area contributed by atoms with Crippen molar-refractivity contribution in [3.05, 3.63) is 28.2 Å². The fourth-order valence-corrected chi connectivity index (χ4v) is 1.58. The molecule has 1 N–H and O–H groups in total. The first-order chi connectivity index (χ1) is 7.48. The Balaban J connectivity index is 2.81. The van der Waals surface area contributed by atoms with Crippen LogP contribution >= 0.6 is 15.9 Å². The molecule has 86 valence electrons. The van der Waals surface area contributed by atoms with Crippen LogP contribution in [0.1, 0.15) is 32.8 Å². The van der Waals surface area contributed by atoms with E-state index in [9.17, 15) is 0 Å². The topological polar surface area (TPSA) is 35.8 Å². The average Bonchev–Trinajstić information content (AvgIpc) is 2.27. The Labute approximate surface area is 106 Å². The average molecular weight is 281 g/mol. The number of rotatable bonds is 4. The van der Waals surface area contributed by atoms with E-state index in [0.717, 1.165) is 23.1 Å². The smallest absolute Gasteiger partial charge is 0.101 e. The summed E-state index contributed by atoms with van der Waals surface area (Å²) in [6.07, 6.45) is 1.11. The summed E-state index contributed by atoms with van der Waals surface area (Å²) in [4.78, 5) is 0. The van der Waals surface area contributed by atoms with E-state index >= 15 is 0 Å². The van der Waals surface area contributed by atoms with Crippen molar-refractivity contribution in [1.82, 2.24) is 0 Å². The first-order valence-electron chi connectivity index (χ1n) is 5.42. The van der Waals surface area contributed by atoms with Crippen molar-refractivity contribution in [2.24, 2.45) is 5.41 Å². The van der Waals surface area contributed by atoms with E-state index in [0.29, 0.717) is 5.56 Å². The van der Waals surface area contributed by atoms with E-state index in [1.807, 2.05) is 18.2 Å². The van der Waals surface area contributed by atoms with Crippen molar-refractivity contribution < 1.29 is 0 Å². The fraction of sp³-hybridized carbons (Fsp3) is 0.462. The van der Waals surface area contributed by atoms with Crippen LogP contribution in [0.15, 0.2) is 22.7 Å². The maximum Gasteiger partial charge on any atom is 0.101 e. The molecule has 0 aliphatic rings. The third-order valence-corrected chi connectivity index (χ3v) is 3.31. The molecule has 0 atom stereocenters. The van der Waals surface area contributed by atoms with E-state index in [-0.39, 0.29) is 5.41 Å². The SMILES string of the molecule is CCC(C)(C)CNc1cc(Br)ccc1C#N. The van der Waals surface area contributed by atoms with E-state index < -0.39 is 0 Å². The molecule has 1 rings (SSSR count). The van der Waals surface area contributed by atoms with Gasteiger partial charge in [-0.25, -0.2) is 0 Å². The molecule has 3 heteroatoms. The summed E-state index contributed by atoms with van der Waals surface area (Å²) < 4.78 is 0.989. The Kier molecular flexibility index (Phi) is 4.37. The molecule has 0 amide bonds. The number of nitrogens with zero attached hydrogens (tertiary/aromatic N) is 1. The third-order valence-electron chi connectivity index (χ3n) is 2.82. The summed E-state index contributed by atoms with van der Waals surface area (Å²) in [5.74, 6) is 0. The van der Waals surface area contributed by atoms with E-state index in [1.54, 1.807) is 0 Å². The number of hydrogen-bond donors (Lipinski definition) is 1. The lowest BCUT2D eigenvalue weighted by Gasteiger charge is -2.24. The molecule has 2 nitrogen and oxygen atoms in total. The van der Waals surface area contributed by atoms with Crippen LogP contribution in [0.4, 0.5) is 5.69 Å². The van der Waals surface area contributed by atoms with Crippen molar-refractivity contribution in [3.63, 3.8) is 0 Å². The van der Waals surface area contributed by atoms with Crippen molar-refractivity contribution in [3.8, 4) is 6.07 Å². The van der Waals surface area contributed by atoms with Gasteiger partial charge < -0.3 is 5.32 Å². The Bertz CT molecular complexity index is 405. The molecule has 0 aliphatic heterocycles. The summed E-state index contributed by atoms with van der Waals surface area (Å²) in [5, 5.41) is 12.3. The molecule has 0 unspecified atom stereocenters. The second-order valence-corrected chi connectivity index (χ2v) is 5.59. The van der Waals surface area contributed by atoms with Crippen LogP contribution in [0, 0.1) is 16.7 Å². The van der Waals surface area contributed by atoms with E-state index in [1.165, 1.54) is 0 Å². The Morgan fingerprint density at radius 3 is 2.69 bits per heavy atom. The van der Waals surface area contributed by atoms with Crippen LogP contribution < -0.4 is 5.32 Å². The second-order valence-electron chi connectivity index (χ2n) is 4.67. The van der Waals surface area contributed by atoms with Crippen LogP contribution in [0.3, 0.4) is 0 Å². The highest BCUT2D eigenvalue weighted by atomic mass is 79.9. The van der Waals surface area contributed by atoms with Gasteiger partial charge in [0.15, 0.2) is 0 Å². The first kappa shape index (κ1) is 13.1. The molecule has 0 radical (unpaired) electrons. The molecule has 0 fully saturated rings. The summed E-state index contributed by atoms with van der Waals surface area (Å²) in [7, 11) is 0. The van der Waals surface area contributed by atoms with Crippen LogP contribution in [-0.2, 0) is 0 Å². The molecule has 0 saturated carbocycles. The van der Waals surface area contributed by atoms with Gasteiger partial charge >= 0.3 is 0 Å². The van der Waals surface area contributed by atoms with Crippen LogP contribution in [-0.4, -0.2) is 6.54 Å². The summed E-state index contributed by atoms with van der Waals surface area (Å²) in [6.45, 7) is 7.47. The normalized spacial score (nSPS) is 10.9. The number of nitriles is 1. The quantitative estimate of drug-likeness (QED) is 0.899. The highest BCUT2D eigenvalue weighted by Gasteiger charge is 2.15. The second kappa shape index (κ2) is 5.36. The highest BCUT2D eigenvalue weighted by molar-refractivity contribution is 9.10. The zero-order valence-electron chi connectivity index (χ0n) is 9.97. The lowest BCUT2D eigenvalue weighted by Crippen LogP contribution is -2.22. The van der Waals surface area contributed by atoms with Gasteiger partial charge in [0, 0.05) is 11.0 Å². The molecule has 0 aliphatic carbocycles. The molecule has 0 bridgehead atoms. The Morgan fingerprint density at radius 2 is 2.12 bits per heavy atom. The minimum absolute atomic E-state index is 0.245. The standard InChI is InChI=1S/C13H17BrN2/c1-4-13(2,3)9-16-12-7-11(14)6-5-10(12)8-15/h5-7,16H,4,9H2,1-3H3. The van der Waals surface area contributed by atoms with Crippen LogP contribution in [0.5, 0.6) is 0 Å². The lowest BCUT2D eigenvalue weighted by atomic mass is 9.90. The number of benzene rings is 1. The maximum atomic E-state index is 8.99. The number of halogens is 1. The number of nitrogens with one attached hydrogen (secondary N) is 1. The van der Waals surface area contributed by atoms with Gasteiger partial charge in [0.25, 0.3) is 0 Å². The monoisotopic (exact) mass is 280 g/mol. The molecule has 1 aromatic rings.